The average Bonchev–Trinajstić information content (AvgIpc) is 2.52. The summed E-state index contributed by atoms with van der Waals surface area (Å²) in [6.07, 6.45) is 2.98. The van der Waals surface area contributed by atoms with Crippen molar-refractivity contribution in [3.8, 4) is 5.75 Å². The molecule has 2 nitrogen and oxygen atoms in total. The summed E-state index contributed by atoms with van der Waals surface area (Å²) in [6.45, 7) is 6.14. The molecule has 0 spiro atoms. The van der Waals surface area contributed by atoms with Gasteiger partial charge >= 0.3 is 0 Å². The zero-order chi connectivity index (χ0) is 11.4. The Hall–Kier alpha value is -0.350. The van der Waals surface area contributed by atoms with Crippen LogP contribution in [0.2, 0.25) is 0 Å². The summed E-state index contributed by atoms with van der Waals surface area (Å²) in [4.78, 5) is 11.5. The van der Waals surface area contributed by atoms with Crippen molar-refractivity contribution in [1.29, 1.82) is 0 Å². The van der Waals surface area contributed by atoms with Gasteiger partial charge in [0.05, 0.1) is 9.89 Å². The molecule has 0 saturated carbocycles. The van der Waals surface area contributed by atoms with Gasteiger partial charge in [-0.15, -0.1) is 11.3 Å². The summed E-state index contributed by atoms with van der Waals surface area (Å²) >= 11 is 4.85. The molecule has 0 bridgehead atoms. The van der Waals surface area contributed by atoms with Gasteiger partial charge in [-0.25, -0.2) is 0 Å². The molecule has 15 heavy (non-hydrogen) atoms. The van der Waals surface area contributed by atoms with E-state index < -0.39 is 0 Å². The van der Waals surface area contributed by atoms with Crippen LogP contribution in [0, 0.1) is 6.92 Å². The second-order valence-electron chi connectivity index (χ2n) is 3.37. The smallest absolute Gasteiger partial charge is 0.163 e. The van der Waals surface area contributed by atoms with Crippen molar-refractivity contribution in [2.75, 3.05) is 0 Å². The van der Waals surface area contributed by atoms with Crippen molar-refractivity contribution in [1.82, 2.24) is 0 Å². The Morgan fingerprint density at radius 2 is 2.07 bits per heavy atom. The minimum atomic E-state index is 0.198. The van der Waals surface area contributed by atoms with Gasteiger partial charge in [0.25, 0.3) is 0 Å². The Labute approximate surface area is 103 Å². The van der Waals surface area contributed by atoms with Gasteiger partial charge in [-0.05, 0) is 35.7 Å². The van der Waals surface area contributed by atoms with Crippen LogP contribution in [0.3, 0.4) is 0 Å². The molecule has 0 fully saturated rings. The molecule has 0 aromatic carbocycles. The molecule has 4 heteroatoms. The van der Waals surface area contributed by atoms with Crippen LogP contribution in [-0.4, -0.2) is 12.4 Å². The number of rotatable bonds is 5. The van der Waals surface area contributed by atoms with Gasteiger partial charge in [-0.2, -0.15) is 0 Å². The monoisotopic (exact) mass is 290 g/mol. The predicted octanol–water partition coefficient (Wildman–Crippen LogP) is 4.20. The highest BCUT2D eigenvalue weighted by atomic mass is 79.9. The van der Waals surface area contributed by atoms with E-state index in [9.17, 15) is 4.79 Å². The van der Waals surface area contributed by atoms with Crippen molar-refractivity contribution in [2.45, 2.75) is 39.7 Å². The first-order chi connectivity index (χ1) is 7.13. The molecule has 1 heterocycles. The maximum atomic E-state index is 10.9. The molecule has 0 aliphatic rings. The normalized spacial score (nSPS) is 10.7. The lowest BCUT2D eigenvalue weighted by atomic mass is 10.2. The second-order valence-corrected chi connectivity index (χ2v) is 5.74. The fraction of sp³-hybridized carbons (Fsp3) is 0.545. The molecule has 0 N–H and O–H groups in total. The van der Waals surface area contributed by atoms with Gasteiger partial charge in [0.2, 0.25) is 0 Å². The van der Waals surface area contributed by atoms with Crippen LogP contribution in [0.5, 0.6) is 5.75 Å². The summed E-state index contributed by atoms with van der Waals surface area (Å²) in [5.41, 5.74) is 1.02. The van der Waals surface area contributed by atoms with E-state index in [0.717, 1.165) is 34.2 Å². The quantitative estimate of drug-likeness (QED) is 0.760. The summed E-state index contributed by atoms with van der Waals surface area (Å²) in [5.74, 6) is 0.746. The van der Waals surface area contributed by atoms with Gasteiger partial charge in [0, 0.05) is 5.56 Å². The van der Waals surface area contributed by atoms with E-state index in [4.69, 9.17) is 4.74 Å². The molecule has 0 saturated heterocycles. The van der Waals surface area contributed by atoms with Crippen LogP contribution in [0.4, 0.5) is 0 Å². The highest BCUT2D eigenvalue weighted by Crippen LogP contribution is 2.38. The lowest BCUT2D eigenvalue weighted by Gasteiger charge is -2.15. The minimum absolute atomic E-state index is 0.198. The molecule has 0 unspecified atom stereocenters. The Balaban J connectivity index is 2.96. The van der Waals surface area contributed by atoms with E-state index in [-0.39, 0.29) is 6.10 Å². The van der Waals surface area contributed by atoms with Crippen molar-refractivity contribution in [3.63, 3.8) is 0 Å². The highest BCUT2D eigenvalue weighted by molar-refractivity contribution is 9.11. The first kappa shape index (κ1) is 12.7. The standard InChI is InChI=1S/C11H15BrO2S/c1-4-8(5-2)14-10-7(3)11(12)15-9(10)6-13/h6,8H,4-5H2,1-3H3. The number of hydrogen-bond acceptors (Lipinski definition) is 3. The van der Waals surface area contributed by atoms with E-state index in [2.05, 4.69) is 29.8 Å². The molecule has 1 rings (SSSR count). The van der Waals surface area contributed by atoms with Gasteiger partial charge in [0.1, 0.15) is 10.6 Å². The second kappa shape index (κ2) is 5.66. The molecule has 0 aliphatic heterocycles. The number of carbonyl (C=O) groups is 1. The summed E-state index contributed by atoms with van der Waals surface area (Å²) in [6, 6.07) is 0. The van der Waals surface area contributed by atoms with Crippen molar-refractivity contribution in [2.24, 2.45) is 0 Å². The SMILES string of the molecule is CCC(CC)Oc1c(C=O)sc(Br)c1C. The number of ether oxygens (including phenoxy) is 1. The minimum Gasteiger partial charge on any atom is -0.488 e. The Kier molecular flexibility index (Phi) is 4.80. The number of carbonyl (C=O) groups excluding carboxylic acids is 1. The van der Waals surface area contributed by atoms with E-state index in [1.165, 1.54) is 11.3 Å². The first-order valence-corrected chi connectivity index (χ1v) is 6.65. The Morgan fingerprint density at radius 3 is 2.53 bits per heavy atom. The molecule has 0 radical (unpaired) electrons. The van der Waals surface area contributed by atoms with Crippen LogP contribution in [0.15, 0.2) is 3.79 Å². The van der Waals surface area contributed by atoms with Crippen LogP contribution in [-0.2, 0) is 0 Å². The van der Waals surface area contributed by atoms with Crippen LogP contribution >= 0.6 is 27.3 Å². The number of hydrogen-bond donors (Lipinski definition) is 0. The van der Waals surface area contributed by atoms with Gasteiger partial charge in [0.15, 0.2) is 6.29 Å². The van der Waals surface area contributed by atoms with E-state index in [0.29, 0.717) is 4.88 Å². The lowest BCUT2D eigenvalue weighted by molar-refractivity contribution is 0.111. The zero-order valence-corrected chi connectivity index (χ0v) is 11.6. The number of aldehydes is 1. The maximum Gasteiger partial charge on any atom is 0.163 e. The van der Waals surface area contributed by atoms with E-state index >= 15 is 0 Å². The molecule has 84 valence electrons. The molecular formula is C11H15BrO2S. The molecule has 0 amide bonds. The summed E-state index contributed by atoms with van der Waals surface area (Å²) < 4.78 is 6.81. The largest absolute Gasteiger partial charge is 0.488 e. The molecule has 1 aromatic heterocycles. The summed E-state index contributed by atoms with van der Waals surface area (Å²) in [7, 11) is 0. The van der Waals surface area contributed by atoms with Crippen LogP contribution in [0.25, 0.3) is 0 Å². The Morgan fingerprint density at radius 1 is 1.47 bits per heavy atom. The van der Waals surface area contributed by atoms with Gasteiger partial charge < -0.3 is 4.74 Å². The molecule has 0 atom stereocenters. The van der Waals surface area contributed by atoms with Gasteiger partial charge in [-0.3, -0.25) is 4.79 Å². The average molecular weight is 291 g/mol. The van der Waals surface area contributed by atoms with Crippen LogP contribution in [0.1, 0.15) is 41.9 Å². The zero-order valence-electron chi connectivity index (χ0n) is 9.17. The number of halogens is 1. The lowest BCUT2D eigenvalue weighted by Crippen LogP contribution is -2.14. The third-order valence-corrected chi connectivity index (χ3v) is 4.43. The van der Waals surface area contributed by atoms with E-state index in [1.54, 1.807) is 0 Å². The predicted molar refractivity (Wildman–Crippen MR) is 67.1 cm³/mol. The van der Waals surface area contributed by atoms with Crippen molar-refractivity contribution in [3.05, 3.63) is 14.2 Å². The summed E-state index contributed by atoms with van der Waals surface area (Å²) in [5, 5.41) is 0. The topological polar surface area (TPSA) is 26.3 Å². The fourth-order valence-electron chi connectivity index (χ4n) is 1.34. The fourth-order valence-corrected chi connectivity index (χ4v) is 2.82. The third kappa shape index (κ3) is 2.82. The van der Waals surface area contributed by atoms with Crippen LogP contribution < -0.4 is 4.74 Å². The Bertz CT molecular complexity index is 343. The maximum absolute atomic E-state index is 10.9. The molecule has 0 aliphatic carbocycles. The van der Waals surface area contributed by atoms with Crippen molar-refractivity contribution < 1.29 is 9.53 Å². The highest BCUT2D eigenvalue weighted by Gasteiger charge is 2.17. The molecule has 1 aromatic rings. The third-order valence-electron chi connectivity index (χ3n) is 2.36. The molecular weight excluding hydrogens is 276 g/mol. The van der Waals surface area contributed by atoms with Gasteiger partial charge in [-0.1, -0.05) is 13.8 Å². The number of thiophene rings is 1. The van der Waals surface area contributed by atoms with Crippen molar-refractivity contribution >= 4 is 33.6 Å². The van der Waals surface area contributed by atoms with E-state index in [1.807, 2.05) is 6.92 Å². The first-order valence-electron chi connectivity index (χ1n) is 5.04.